The third kappa shape index (κ3) is 1.74. The predicted molar refractivity (Wildman–Crippen MR) is 45.8 cm³/mol. The molecule has 1 aromatic rings. The fraction of sp³-hybridized carbons (Fsp3) is 0.222. The van der Waals surface area contributed by atoms with E-state index in [9.17, 15) is 4.79 Å². The van der Waals surface area contributed by atoms with Gasteiger partial charge in [0.15, 0.2) is 5.92 Å². The number of nitrogens with one attached hydrogen (secondary N) is 1. The van der Waals surface area contributed by atoms with Crippen LogP contribution < -0.4 is 5.56 Å². The van der Waals surface area contributed by atoms with Crippen molar-refractivity contribution in [2.45, 2.75) is 12.8 Å². The van der Waals surface area contributed by atoms with Crippen LogP contribution in [0.2, 0.25) is 0 Å². The fourth-order valence-corrected chi connectivity index (χ4v) is 1.02. The highest BCUT2D eigenvalue weighted by Crippen LogP contribution is 2.13. The normalized spacial score (nSPS) is 9.23. The van der Waals surface area contributed by atoms with Crippen LogP contribution in [0.3, 0.4) is 0 Å². The summed E-state index contributed by atoms with van der Waals surface area (Å²) < 4.78 is 0. The van der Waals surface area contributed by atoms with Gasteiger partial charge in [-0.05, 0) is 12.5 Å². The van der Waals surface area contributed by atoms with Crippen LogP contribution in [-0.2, 0) is 0 Å². The summed E-state index contributed by atoms with van der Waals surface area (Å²) >= 11 is 0. The monoisotopic (exact) mass is 173 g/mol. The highest BCUT2D eigenvalue weighted by atomic mass is 16.1. The van der Waals surface area contributed by atoms with Crippen LogP contribution in [0, 0.1) is 29.6 Å². The van der Waals surface area contributed by atoms with E-state index in [1.54, 1.807) is 25.1 Å². The van der Waals surface area contributed by atoms with Gasteiger partial charge in [-0.1, -0.05) is 6.07 Å². The molecule has 0 amide bonds. The largest absolute Gasteiger partial charge is 0.324 e. The van der Waals surface area contributed by atoms with E-state index in [4.69, 9.17) is 10.5 Å². The Morgan fingerprint density at radius 3 is 2.54 bits per heavy atom. The quantitative estimate of drug-likeness (QED) is 0.682. The average Bonchev–Trinajstić information content (AvgIpc) is 2.13. The lowest BCUT2D eigenvalue weighted by Gasteiger charge is -2.03. The molecule has 0 aliphatic carbocycles. The predicted octanol–water partition coefficient (Wildman–Crippen LogP) is 0.814. The van der Waals surface area contributed by atoms with Gasteiger partial charge in [-0.25, -0.2) is 0 Å². The number of nitrogens with zero attached hydrogens (tertiary/aromatic N) is 2. The van der Waals surface area contributed by atoms with Crippen LogP contribution in [-0.4, -0.2) is 4.98 Å². The van der Waals surface area contributed by atoms with Gasteiger partial charge < -0.3 is 4.98 Å². The topological polar surface area (TPSA) is 80.4 Å². The van der Waals surface area contributed by atoms with Crippen molar-refractivity contribution in [1.82, 2.24) is 4.98 Å². The molecule has 0 spiro atoms. The number of hydrogen-bond donors (Lipinski definition) is 1. The van der Waals surface area contributed by atoms with Gasteiger partial charge in [0.2, 0.25) is 5.56 Å². The van der Waals surface area contributed by atoms with Gasteiger partial charge >= 0.3 is 0 Å². The van der Waals surface area contributed by atoms with Gasteiger partial charge in [-0.15, -0.1) is 0 Å². The minimum absolute atomic E-state index is 0.295. The van der Waals surface area contributed by atoms with Crippen molar-refractivity contribution in [1.29, 1.82) is 10.5 Å². The summed E-state index contributed by atoms with van der Waals surface area (Å²) in [6.07, 6.45) is 0. The first kappa shape index (κ1) is 9.02. The number of aromatic amines is 1. The lowest BCUT2D eigenvalue weighted by molar-refractivity contribution is 0.969. The summed E-state index contributed by atoms with van der Waals surface area (Å²) in [6, 6.07) is 6.57. The molecule has 1 N–H and O–H groups in total. The molecule has 0 saturated carbocycles. The van der Waals surface area contributed by atoms with Crippen molar-refractivity contribution in [3.8, 4) is 12.1 Å². The minimum Gasteiger partial charge on any atom is -0.324 e. The van der Waals surface area contributed by atoms with Crippen LogP contribution in [0.1, 0.15) is 17.2 Å². The molecule has 1 aromatic heterocycles. The molecule has 0 fully saturated rings. The van der Waals surface area contributed by atoms with Gasteiger partial charge in [0.25, 0.3) is 0 Å². The zero-order valence-electron chi connectivity index (χ0n) is 7.03. The molecule has 0 atom stereocenters. The summed E-state index contributed by atoms with van der Waals surface area (Å²) in [6.45, 7) is 1.74. The average molecular weight is 173 g/mol. The zero-order valence-corrected chi connectivity index (χ0v) is 7.03. The third-order valence-corrected chi connectivity index (χ3v) is 1.71. The Morgan fingerprint density at radius 2 is 2.00 bits per heavy atom. The second-order valence-corrected chi connectivity index (χ2v) is 2.61. The van der Waals surface area contributed by atoms with E-state index in [1.807, 2.05) is 0 Å². The summed E-state index contributed by atoms with van der Waals surface area (Å²) in [5.74, 6) is -0.895. The van der Waals surface area contributed by atoms with Crippen molar-refractivity contribution in [3.05, 3.63) is 33.7 Å². The molecule has 1 rings (SSSR count). The fourth-order valence-electron chi connectivity index (χ4n) is 1.02. The summed E-state index contributed by atoms with van der Waals surface area (Å²) in [4.78, 5) is 13.4. The molecule has 0 bridgehead atoms. The summed E-state index contributed by atoms with van der Waals surface area (Å²) in [7, 11) is 0. The first-order chi connectivity index (χ1) is 6.19. The highest BCUT2D eigenvalue weighted by Gasteiger charge is 2.12. The van der Waals surface area contributed by atoms with Crippen LogP contribution in [0.25, 0.3) is 0 Å². The second-order valence-electron chi connectivity index (χ2n) is 2.61. The SMILES string of the molecule is Cc1ccc(=O)[nH]c1C(C#N)C#N. The Labute approximate surface area is 75.1 Å². The van der Waals surface area contributed by atoms with E-state index < -0.39 is 5.92 Å². The maximum atomic E-state index is 10.9. The molecular formula is C9H7N3O. The lowest BCUT2D eigenvalue weighted by Crippen LogP contribution is -2.10. The molecule has 0 radical (unpaired) electrons. The van der Waals surface area contributed by atoms with E-state index in [2.05, 4.69) is 4.98 Å². The summed E-state index contributed by atoms with van der Waals surface area (Å²) in [5, 5.41) is 17.2. The van der Waals surface area contributed by atoms with Crippen LogP contribution in [0.4, 0.5) is 0 Å². The Balaban J connectivity index is 3.31. The van der Waals surface area contributed by atoms with E-state index >= 15 is 0 Å². The van der Waals surface area contributed by atoms with Crippen molar-refractivity contribution < 1.29 is 0 Å². The third-order valence-electron chi connectivity index (χ3n) is 1.71. The number of hydrogen-bond acceptors (Lipinski definition) is 3. The number of nitriles is 2. The number of H-pyrrole nitrogens is 1. The van der Waals surface area contributed by atoms with Crippen LogP contribution in [0.5, 0.6) is 0 Å². The number of aryl methyl sites for hydroxylation is 1. The zero-order chi connectivity index (χ0) is 9.84. The van der Waals surface area contributed by atoms with E-state index in [0.29, 0.717) is 5.69 Å². The second kappa shape index (κ2) is 3.55. The Kier molecular flexibility index (Phi) is 2.47. The van der Waals surface area contributed by atoms with Crippen molar-refractivity contribution in [2.24, 2.45) is 0 Å². The molecule has 0 aromatic carbocycles. The molecule has 1 heterocycles. The Morgan fingerprint density at radius 1 is 1.38 bits per heavy atom. The smallest absolute Gasteiger partial charge is 0.248 e. The highest BCUT2D eigenvalue weighted by molar-refractivity contribution is 5.31. The van der Waals surface area contributed by atoms with Gasteiger partial charge in [0.05, 0.1) is 17.8 Å². The lowest BCUT2D eigenvalue weighted by atomic mass is 10.0. The van der Waals surface area contributed by atoms with Gasteiger partial charge in [-0.3, -0.25) is 4.79 Å². The minimum atomic E-state index is -0.895. The van der Waals surface area contributed by atoms with Gasteiger partial charge in [0, 0.05) is 6.07 Å². The van der Waals surface area contributed by atoms with Crippen LogP contribution in [0.15, 0.2) is 16.9 Å². The number of rotatable bonds is 1. The van der Waals surface area contributed by atoms with Crippen molar-refractivity contribution >= 4 is 0 Å². The number of pyridine rings is 1. The first-order valence-electron chi connectivity index (χ1n) is 3.68. The standard InChI is InChI=1S/C9H7N3O/c1-6-2-3-8(13)12-9(6)7(4-10)5-11/h2-3,7H,1H3,(H,12,13). The van der Waals surface area contributed by atoms with E-state index in [0.717, 1.165) is 5.56 Å². The van der Waals surface area contributed by atoms with Crippen molar-refractivity contribution in [2.75, 3.05) is 0 Å². The maximum Gasteiger partial charge on any atom is 0.248 e. The molecule has 0 saturated heterocycles. The van der Waals surface area contributed by atoms with Crippen molar-refractivity contribution in [3.63, 3.8) is 0 Å². The van der Waals surface area contributed by atoms with Gasteiger partial charge in [-0.2, -0.15) is 10.5 Å². The van der Waals surface area contributed by atoms with E-state index in [1.165, 1.54) is 6.07 Å². The molecule has 4 nitrogen and oxygen atoms in total. The molecule has 4 heteroatoms. The van der Waals surface area contributed by atoms with Crippen LogP contribution >= 0.6 is 0 Å². The molecular weight excluding hydrogens is 166 g/mol. The maximum absolute atomic E-state index is 10.9. The van der Waals surface area contributed by atoms with Gasteiger partial charge in [0.1, 0.15) is 0 Å². The Hall–Kier alpha value is -2.07. The summed E-state index contributed by atoms with van der Waals surface area (Å²) in [5.41, 5.74) is 0.835. The molecule has 0 unspecified atom stereocenters. The molecule has 0 aliphatic rings. The molecule has 64 valence electrons. The molecule has 0 aliphatic heterocycles. The van der Waals surface area contributed by atoms with E-state index in [-0.39, 0.29) is 5.56 Å². The number of aromatic nitrogens is 1. The Bertz CT molecular complexity index is 433. The molecule has 13 heavy (non-hydrogen) atoms. The first-order valence-corrected chi connectivity index (χ1v) is 3.68.